The Balaban J connectivity index is 1.75. The number of para-hydroxylation sites is 1. The highest BCUT2D eigenvalue weighted by atomic mass is 32.2. The smallest absolute Gasteiger partial charge is 0.264 e. The summed E-state index contributed by atoms with van der Waals surface area (Å²) < 4.78 is 34.3. The Morgan fingerprint density at radius 3 is 2.06 bits per heavy atom. The van der Waals surface area contributed by atoms with Crippen LogP contribution in [0.1, 0.15) is 34.5 Å². The standard InChI is InChI=1S/C29H28N2O4S/c1-22(24-13-7-4-8-14-24)30-29(32)27-15-9-10-16-28(27)31(21-23-11-5-3-6-12-23)36(33,34)26-19-17-25(35-2)18-20-26/h3-20,22H,21H2,1-2H3,(H,30,32)/t22-/m0/s1. The average Bonchev–Trinajstić information content (AvgIpc) is 2.92. The van der Waals surface area contributed by atoms with Gasteiger partial charge in [-0.05, 0) is 54.4 Å². The van der Waals surface area contributed by atoms with Gasteiger partial charge in [-0.15, -0.1) is 0 Å². The predicted octanol–water partition coefficient (Wildman–Crippen LogP) is 5.58. The molecule has 0 fully saturated rings. The van der Waals surface area contributed by atoms with Gasteiger partial charge in [0.15, 0.2) is 0 Å². The van der Waals surface area contributed by atoms with Crippen LogP contribution in [-0.4, -0.2) is 21.4 Å². The SMILES string of the molecule is COc1ccc(S(=O)(=O)N(Cc2ccccc2)c2ccccc2C(=O)N[C@@H](C)c2ccccc2)cc1. The molecule has 7 heteroatoms. The van der Waals surface area contributed by atoms with Crippen molar-refractivity contribution in [2.45, 2.75) is 24.4 Å². The Labute approximate surface area is 212 Å². The Kier molecular flexibility index (Phi) is 7.71. The number of nitrogens with one attached hydrogen (secondary N) is 1. The molecule has 36 heavy (non-hydrogen) atoms. The fourth-order valence-electron chi connectivity index (χ4n) is 3.91. The van der Waals surface area contributed by atoms with E-state index in [0.29, 0.717) is 11.4 Å². The van der Waals surface area contributed by atoms with Crippen molar-refractivity contribution in [1.29, 1.82) is 0 Å². The lowest BCUT2D eigenvalue weighted by atomic mass is 10.1. The third-order valence-corrected chi connectivity index (χ3v) is 7.65. The van der Waals surface area contributed by atoms with Crippen LogP contribution in [0.4, 0.5) is 5.69 Å². The molecule has 0 heterocycles. The summed E-state index contributed by atoms with van der Waals surface area (Å²) in [4.78, 5) is 13.5. The highest BCUT2D eigenvalue weighted by molar-refractivity contribution is 7.92. The minimum atomic E-state index is -4.02. The van der Waals surface area contributed by atoms with Crippen molar-refractivity contribution in [2.75, 3.05) is 11.4 Å². The molecule has 0 radical (unpaired) electrons. The molecule has 0 spiro atoms. The van der Waals surface area contributed by atoms with Crippen molar-refractivity contribution >= 4 is 21.6 Å². The Hall–Kier alpha value is -4.10. The van der Waals surface area contributed by atoms with Gasteiger partial charge in [-0.2, -0.15) is 0 Å². The first-order valence-electron chi connectivity index (χ1n) is 11.6. The van der Waals surface area contributed by atoms with Crippen LogP contribution in [0.15, 0.2) is 114 Å². The zero-order chi connectivity index (χ0) is 25.5. The molecule has 6 nitrogen and oxygen atoms in total. The second-order valence-electron chi connectivity index (χ2n) is 8.30. The predicted molar refractivity (Wildman–Crippen MR) is 142 cm³/mol. The van der Waals surface area contributed by atoms with E-state index >= 15 is 0 Å². The summed E-state index contributed by atoms with van der Waals surface area (Å²) in [5.74, 6) is 0.197. The van der Waals surface area contributed by atoms with Crippen molar-refractivity contribution in [3.05, 3.63) is 126 Å². The molecule has 1 N–H and O–H groups in total. The van der Waals surface area contributed by atoms with E-state index in [-0.39, 0.29) is 29.0 Å². The maximum absolute atomic E-state index is 13.9. The van der Waals surface area contributed by atoms with Gasteiger partial charge in [-0.25, -0.2) is 8.42 Å². The zero-order valence-corrected chi connectivity index (χ0v) is 21.0. The number of hydrogen-bond donors (Lipinski definition) is 1. The molecule has 4 aromatic rings. The zero-order valence-electron chi connectivity index (χ0n) is 20.2. The molecule has 0 bridgehead atoms. The first-order valence-corrected chi connectivity index (χ1v) is 13.0. The number of benzene rings is 4. The summed E-state index contributed by atoms with van der Waals surface area (Å²) >= 11 is 0. The van der Waals surface area contributed by atoms with Crippen LogP contribution in [0, 0.1) is 0 Å². The van der Waals surface area contributed by atoms with Crippen LogP contribution in [0.2, 0.25) is 0 Å². The topological polar surface area (TPSA) is 75.7 Å². The first kappa shape index (κ1) is 25.0. The Morgan fingerprint density at radius 1 is 0.833 bits per heavy atom. The van der Waals surface area contributed by atoms with Crippen molar-refractivity contribution < 1.29 is 17.9 Å². The minimum Gasteiger partial charge on any atom is -0.497 e. The van der Waals surface area contributed by atoms with Gasteiger partial charge in [-0.1, -0.05) is 72.8 Å². The number of sulfonamides is 1. The molecule has 0 saturated heterocycles. The van der Waals surface area contributed by atoms with E-state index in [9.17, 15) is 13.2 Å². The number of hydrogen-bond acceptors (Lipinski definition) is 4. The van der Waals surface area contributed by atoms with Crippen LogP contribution in [0.5, 0.6) is 5.75 Å². The van der Waals surface area contributed by atoms with Gasteiger partial charge in [0.1, 0.15) is 5.75 Å². The van der Waals surface area contributed by atoms with E-state index in [0.717, 1.165) is 11.1 Å². The summed E-state index contributed by atoms with van der Waals surface area (Å²) in [5.41, 5.74) is 2.32. The number of carbonyl (C=O) groups is 1. The van der Waals surface area contributed by atoms with Gasteiger partial charge in [0.2, 0.25) is 0 Å². The summed E-state index contributed by atoms with van der Waals surface area (Å²) in [6, 6.07) is 31.6. The highest BCUT2D eigenvalue weighted by Crippen LogP contribution is 2.30. The fourth-order valence-corrected chi connectivity index (χ4v) is 5.38. The van der Waals surface area contributed by atoms with E-state index < -0.39 is 10.0 Å². The Bertz CT molecular complexity index is 1410. The van der Waals surface area contributed by atoms with Crippen LogP contribution >= 0.6 is 0 Å². The van der Waals surface area contributed by atoms with E-state index in [1.54, 1.807) is 36.4 Å². The van der Waals surface area contributed by atoms with E-state index in [1.165, 1.54) is 23.5 Å². The van der Waals surface area contributed by atoms with Gasteiger partial charge < -0.3 is 10.1 Å². The lowest BCUT2D eigenvalue weighted by Crippen LogP contribution is -2.34. The highest BCUT2D eigenvalue weighted by Gasteiger charge is 2.29. The molecular weight excluding hydrogens is 472 g/mol. The first-order chi connectivity index (χ1) is 17.4. The van der Waals surface area contributed by atoms with E-state index in [4.69, 9.17) is 4.74 Å². The van der Waals surface area contributed by atoms with E-state index in [2.05, 4.69) is 5.32 Å². The lowest BCUT2D eigenvalue weighted by Gasteiger charge is -2.27. The molecule has 184 valence electrons. The summed E-state index contributed by atoms with van der Waals surface area (Å²) in [7, 11) is -2.49. The second-order valence-corrected chi connectivity index (χ2v) is 10.2. The number of nitrogens with zero attached hydrogens (tertiary/aromatic N) is 1. The molecule has 1 atom stereocenters. The van der Waals surface area contributed by atoms with Gasteiger partial charge >= 0.3 is 0 Å². The van der Waals surface area contributed by atoms with Crippen molar-refractivity contribution in [3.63, 3.8) is 0 Å². The molecule has 0 unspecified atom stereocenters. The molecule has 0 aliphatic rings. The minimum absolute atomic E-state index is 0.0632. The third-order valence-electron chi connectivity index (χ3n) is 5.88. The number of methoxy groups -OCH3 is 1. The summed E-state index contributed by atoms with van der Waals surface area (Å²) in [6.45, 7) is 1.96. The fraction of sp³-hybridized carbons (Fsp3) is 0.138. The molecule has 0 saturated carbocycles. The maximum Gasteiger partial charge on any atom is 0.264 e. The van der Waals surface area contributed by atoms with Crippen molar-refractivity contribution in [1.82, 2.24) is 5.32 Å². The quantitative estimate of drug-likeness (QED) is 0.325. The number of rotatable bonds is 9. The van der Waals surface area contributed by atoms with Gasteiger partial charge in [0.25, 0.3) is 15.9 Å². The molecule has 1 amide bonds. The summed E-state index contributed by atoms with van der Waals surface area (Å²) in [5, 5.41) is 3.00. The van der Waals surface area contributed by atoms with Crippen LogP contribution in [0.25, 0.3) is 0 Å². The normalized spacial score (nSPS) is 11.9. The van der Waals surface area contributed by atoms with Crippen molar-refractivity contribution in [3.8, 4) is 5.75 Å². The van der Waals surface area contributed by atoms with Crippen LogP contribution < -0.4 is 14.4 Å². The molecule has 0 aromatic heterocycles. The molecule has 0 aliphatic carbocycles. The van der Waals surface area contributed by atoms with Crippen LogP contribution in [0.3, 0.4) is 0 Å². The summed E-state index contributed by atoms with van der Waals surface area (Å²) in [6.07, 6.45) is 0. The molecule has 4 aromatic carbocycles. The van der Waals surface area contributed by atoms with Gasteiger partial charge in [0.05, 0.1) is 35.8 Å². The largest absolute Gasteiger partial charge is 0.497 e. The number of carbonyl (C=O) groups excluding carboxylic acids is 1. The third kappa shape index (κ3) is 5.58. The van der Waals surface area contributed by atoms with Gasteiger partial charge in [-0.3, -0.25) is 9.10 Å². The average molecular weight is 501 g/mol. The monoisotopic (exact) mass is 500 g/mol. The van der Waals surface area contributed by atoms with E-state index in [1.807, 2.05) is 67.6 Å². The maximum atomic E-state index is 13.9. The number of anilines is 1. The molecule has 4 rings (SSSR count). The number of amides is 1. The van der Waals surface area contributed by atoms with Crippen molar-refractivity contribution in [2.24, 2.45) is 0 Å². The molecule has 0 aliphatic heterocycles. The Morgan fingerprint density at radius 2 is 1.42 bits per heavy atom. The van der Waals surface area contributed by atoms with Crippen LogP contribution in [-0.2, 0) is 16.6 Å². The van der Waals surface area contributed by atoms with Gasteiger partial charge in [0, 0.05) is 0 Å². The lowest BCUT2D eigenvalue weighted by molar-refractivity contribution is 0.0940. The second kappa shape index (κ2) is 11.1. The number of ether oxygens (including phenoxy) is 1. The molecular formula is C29H28N2O4S.